The molecule has 0 saturated heterocycles. The van der Waals surface area contributed by atoms with E-state index in [0.717, 1.165) is 28.6 Å². The molecule has 0 bridgehead atoms. The number of methoxy groups -OCH3 is 1. The Morgan fingerprint density at radius 3 is 2.61 bits per heavy atom. The number of aromatic nitrogens is 4. The van der Waals surface area contributed by atoms with Crippen molar-refractivity contribution in [3.8, 4) is 11.4 Å². The molecule has 9 heteroatoms. The average molecular weight is 397 g/mol. The van der Waals surface area contributed by atoms with E-state index in [1.54, 1.807) is 36.1 Å². The molecule has 3 aromatic rings. The molecular weight excluding hydrogens is 378 g/mol. The lowest BCUT2D eigenvalue weighted by Gasteiger charge is -2.08. The molecule has 0 atom stereocenters. The van der Waals surface area contributed by atoms with Gasteiger partial charge in [-0.05, 0) is 65.7 Å². The van der Waals surface area contributed by atoms with Crippen molar-refractivity contribution in [2.75, 3.05) is 12.9 Å². The van der Waals surface area contributed by atoms with Crippen molar-refractivity contribution in [3.63, 3.8) is 0 Å². The first-order valence-electron chi connectivity index (χ1n) is 8.45. The zero-order valence-corrected chi connectivity index (χ0v) is 16.5. The standard InChI is InChI=1S/C19H19N5O3S/c1-12-4-5-13(2)16(10-12)24-19(21-22-23-24)28-11-17(25)20-18(26)14-6-8-15(27-3)9-7-14/h4-10H,11H2,1-3H3,(H,20,25,26). The number of benzene rings is 2. The fraction of sp³-hybridized carbons (Fsp3) is 0.211. The zero-order chi connectivity index (χ0) is 20.1. The van der Waals surface area contributed by atoms with E-state index < -0.39 is 11.8 Å². The number of hydrogen-bond donors (Lipinski definition) is 1. The molecule has 1 aromatic heterocycles. The first-order valence-corrected chi connectivity index (χ1v) is 9.43. The van der Waals surface area contributed by atoms with Crippen LogP contribution in [0.15, 0.2) is 47.6 Å². The van der Waals surface area contributed by atoms with E-state index >= 15 is 0 Å². The van der Waals surface area contributed by atoms with Crippen molar-refractivity contribution in [1.29, 1.82) is 0 Å². The van der Waals surface area contributed by atoms with Crippen LogP contribution in [0, 0.1) is 13.8 Å². The van der Waals surface area contributed by atoms with Crippen LogP contribution in [0.4, 0.5) is 0 Å². The van der Waals surface area contributed by atoms with E-state index in [1.165, 1.54) is 0 Å². The number of rotatable bonds is 6. The number of aryl methyl sites for hydroxylation is 2. The summed E-state index contributed by atoms with van der Waals surface area (Å²) in [4.78, 5) is 24.3. The molecule has 144 valence electrons. The van der Waals surface area contributed by atoms with Crippen LogP contribution in [-0.2, 0) is 4.79 Å². The minimum Gasteiger partial charge on any atom is -0.497 e. The highest BCUT2D eigenvalue weighted by atomic mass is 32.2. The van der Waals surface area contributed by atoms with Gasteiger partial charge >= 0.3 is 0 Å². The van der Waals surface area contributed by atoms with Gasteiger partial charge in [-0.3, -0.25) is 14.9 Å². The zero-order valence-electron chi connectivity index (χ0n) is 15.7. The fourth-order valence-corrected chi connectivity index (χ4v) is 3.16. The largest absolute Gasteiger partial charge is 0.497 e. The van der Waals surface area contributed by atoms with Gasteiger partial charge in [0, 0.05) is 5.56 Å². The van der Waals surface area contributed by atoms with E-state index in [1.807, 2.05) is 32.0 Å². The van der Waals surface area contributed by atoms with Crippen LogP contribution in [0.1, 0.15) is 21.5 Å². The molecule has 0 spiro atoms. The highest BCUT2D eigenvalue weighted by Crippen LogP contribution is 2.21. The first kappa shape index (κ1) is 19.6. The van der Waals surface area contributed by atoms with Gasteiger partial charge in [-0.1, -0.05) is 23.9 Å². The van der Waals surface area contributed by atoms with Crippen LogP contribution in [0.3, 0.4) is 0 Å². The summed E-state index contributed by atoms with van der Waals surface area (Å²) in [6, 6.07) is 12.5. The minimum absolute atomic E-state index is 0.00707. The van der Waals surface area contributed by atoms with Crippen molar-refractivity contribution in [2.45, 2.75) is 19.0 Å². The third kappa shape index (κ3) is 4.55. The number of thioether (sulfide) groups is 1. The molecule has 3 rings (SSSR count). The Bertz CT molecular complexity index is 1000. The number of tetrazole rings is 1. The van der Waals surface area contributed by atoms with Gasteiger partial charge in [0.1, 0.15) is 5.75 Å². The normalized spacial score (nSPS) is 10.5. The molecule has 0 unspecified atom stereocenters. The van der Waals surface area contributed by atoms with Crippen LogP contribution >= 0.6 is 11.8 Å². The molecule has 0 fully saturated rings. The van der Waals surface area contributed by atoms with Crippen LogP contribution in [-0.4, -0.2) is 44.9 Å². The summed E-state index contributed by atoms with van der Waals surface area (Å²) in [5.74, 6) is -0.256. The van der Waals surface area contributed by atoms with E-state index in [0.29, 0.717) is 16.5 Å². The van der Waals surface area contributed by atoms with Gasteiger partial charge in [0.25, 0.3) is 5.91 Å². The number of carbonyl (C=O) groups excluding carboxylic acids is 2. The van der Waals surface area contributed by atoms with Crippen LogP contribution in [0.5, 0.6) is 5.75 Å². The number of ether oxygens (including phenoxy) is 1. The average Bonchev–Trinajstić information content (AvgIpc) is 3.16. The summed E-state index contributed by atoms with van der Waals surface area (Å²) in [5, 5.41) is 14.5. The maximum Gasteiger partial charge on any atom is 0.257 e. The first-order chi connectivity index (χ1) is 13.5. The van der Waals surface area contributed by atoms with Crippen LogP contribution < -0.4 is 10.1 Å². The number of nitrogens with zero attached hydrogens (tertiary/aromatic N) is 4. The van der Waals surface area contributed by atoms with Gasteiger partial charge < -0.3 is 4.74 Å². The van der Waals surface area contributed by atoms with Gasteiger partial charge in [-0.25, -0.2) is 0 Å². The summed E-state index contributed by atoms with van der Waals surface area (Å²) in [6.07, 6.45) is 0. The molecule has 0 aliphatic heterocycles. The van der Waals surface area contributed by atoms with Gasteiger partial charge in [-0.15, -0.1) is 5.10 Å². The van der Waals surface area contributed by atoms with E-state index in [-0.39, 0.29) is 5.75 Å². The number of imide groups is 1. The van der Waals surface area contributed by atoms with Crippen LogP contribution in [0.25, 0.3) is 5.69 Å². The summed E-state index contributed by atoms with van der Waals surface area (Å²) in [5.41, 5.74) is 3.32. The Morgan fingerprint density at radius 2 is 1.89 bits per heavy atom. The van der Waals surface area contributed by atoms with Crippen molar-refractivity contribution in [1.82, 2.24) is 25.5 Å². The smallest absolute Gasteiger partial charge is 0.257 e. The van der Waals surface area contributed by atoms with Crippen LogP contribution in [0.2, 0.25) is 0 Å². The fourth-order valence-electron chi connectivity index (χ4n) is 2.48. The van der Waals surface area contributed by atoms with E-state index in [4.69, 9.17) is 4.74 Å². The quantitative estimate of drug-likeness (QED) is 0.637. The lowest BCUT2D eigenvalue weighted by molar-refractivity contribution is -0.117. The Balaban J connectivity index is 1.63. The Hall–Kier alpha value is -3.20. The second-order valence-corrected chi connectivity index (χ2v) is 7.00. The third-order valence-corrected chi connectivity index (χ3v) is 4.89. The summed E-state index contributed by atoms with van der Waals surface area (Å²) in [7, 11) is 1.54. The summed E-state index contributed by atoms with van der Waals surface area (Å²) in [6.45, 7) is 3.95. The lowest BCUT2D eigenvalue weighted by atomic mass is 10.1. The third-order valence-electron chi connectivity index (χ3n) is 3.97. The summed E-state index contributed by atoms with van der Waals surface area (Å²) >= 11 is 1.16. The van der Waals surface area contributed by atoms with Crippen molar-refractivity contribution in [2.24, 2.45) is 0 Å². The van der Waals surface area contributed by atoms with Crippen molar-refractivity contribution in [3.05, 3.63) is 59.2 Å². The molecule has 2 amide bonds. The van der Waals surface area contributed by atoms with Gasteiger partial charge in [0.15, 0.2) is 0 Å². The molecule has 28 heavy (non-hydrogen) atoms. The highest BCUT2D eigenvalue weighted by Gasteiger charge is 2.15. The molecule has 0 radical (unpaired) electrons. The van der Waals surface area contributed by atoms with Gasteiger partial charge in [-0.2, -0.15) is 4.68 Å². The molecule has 2 aromatic carbocycles. The van der Waals surface area contributed by atoms with Crippen molar-refractivity contribution >= 4 is 23.6 Å². The predicted molar refractivity (Wildman–Crippen MR) is 105 cm³/mol. The molecule has 0 aliphatic carbocycles. The number of carbonyl (C=O) groups is 2. The van der Waals surface area contributed by atoms with Gasteiger partial charge in [0.05, 0.1) is 18.6 Å². The molecule has 0 aliphatic rings. The van der Waals surface area contributed by atoms with E-state index in [2.05, 4.69) is 20.8 Å². The lowest BCUT2D eigenvalue weighted by Crippen LogP contribution is -2.31. The Morgan fingerprint density at radius 1 is 1.14 bits per heavy atom. The minimum atomic E-state index is -0.470. The molecule has 1 N–H and O–H groups in total. The number of amides is 2. The Kier molecular flexibility index (Phi) is 6.05. The topological polar surface area (TPSA) is 99.0 Å². The SMILES string of the molecule is COc1ccc(C(=O)NC(=O)CSc2nnnn2-c2cc(C)ccc2C)cc1. The molecule has 8 nitrogen and oxygen atoms in total. The summed E-state index contributed by atoms with van der Waals surface area (Å²) < 4.78 is 6.64. The molecule has 0 saturated carbocycles. The van der Waals surface area contributed by atoms with Gasteiger partial charge in [0.2, 0.25) is 11.1 Å². The highest BCUT2D eigenvalue weighted by molar-refractivity contribution is 7.99. The molecular formula is C19H19N5O3S. The number of nitrogens with one attached hydrogen (secondary N) is 1. The van der Waals surface area contributed by atoms with E-state index in [9.17, 15) is 9.59 Å². The maximum atomic E-state index is 12.2. The number of hydrogen-bond acceptors (Lipinski definition) is 7. The molecule has 1 heterocycles. The monoisotopic (exact) mass is 397 g/mol. The van der Waals surface area contributed by atoms with Crippen molar-refractivity contribution < 1.29 is 14.3 Å². The second kappa shape index (κ2) is 8.66. The Labute approximate surface area is 166 Å². The predicted octanol–water partition coefficient (Wildman–Crippen LogP) is 2.34. The maximum absolute atomic E-state index is 12.2. The second-order valence-electron chi connectivity index (χ2n) is 6.06.